The highest BCUT2D eigenvalue weighted by atomic mass is 19.1. The van der Waals surface area contributed by atoms with Gasteiger partial charge in [0.05, 0.1) is 6.20 Å². The van der Waals surface area contributed by atoms with Crippen molar-refractivity contribution < 1.29 is 14.0 Å². The van der Waals surface area contributed by atoms with Gasteiger partial charge < -0.3 is 10.2 Å². The lowest BCUT2D eigenvalue weighted by molar-refractivity contribution is -0.121. The van der Waals surface area contributed by atoms with E-state index in [0.29, 0.717) is 6.54 Å². The van der Waals surface area contributed by atoms with Crippen LogP contribution in [-0.4, -0.2) is 38.2 Å². The maximum Gasteiger partial charge on any atom is 0.274 e. The molecule has 2 amide bonds. The molecule has 0 atom stereocenters. The van der Waals surface area contributed by atoms with Crippen molar-refractivity contribution >= 4 is 11.8 Å². The standard InChI is InChI=1S/C21H20FN5O2/c22-18-5-3-16(4-6-18)15-27(21(29)19-14-24-9-10-25-19)11-7-20(28)26-13-17-2-1-8-23-12-17/h1-6,8-10,12,14H,7,11,13,15H2,(H,26,28). The van der Waals surface area contributed by atoms with E-state index in [4.69, 9.17) is 0 Å². The van der Waals surface area contributed by atoms with Crippen LogP contribution < -0.4 is 5.32 Å². The number of halogens is 1. The molecule has 3 rings (SSSR count). The molecule has 148 valence electrons. The van der Waals surface area contributed by atoms with Gasteiger partial charge in [-0.05, 0) is 29.3 Å². The first kappa shape index (κ1) is 20.1. The molecule has 0 bridgehead atoms. The van der Waals surface area contributed by atoms with Gasteiger partial charge >= 0.3 is 0 Å². The number of hydrogen-bond acceptors (Lipinski definition) is 5. The highest BCUT2D eigenvalue weighted by Crippen LogP contribution is 2.10. The molecule has 2 heterocycles. The van der Waals surface area contributed by atoms with Crippen LogP contribution in [0.25, 0.3) is 0 Å². The van der Waals surface area contributed by atoms with Gasteiger partial charge in [-0.1, -0.05) is 18.2 Å². The maximum absolute atomic E-state index is 13.2. The maximum atomic E-state index is 13.2. The van der Waals surface area contributed by atoms with Crippen LogP contribution in [-0.2, 0) is 17.9 Å². The van der Waals surface area contributed by atoms with Crippen LogP contribution in [0.4, 0.5) is 4.39 Å². The molecule has 1 aromatic carbocycles. The van der Waals surface area contributed by atoms with E-state index in [0.717, 1.165) is 11.1 Å². The third-order valence-electron chi connectivity index (χ3n) is 4.18. The average Bonchev–Trinajstić information content (AvgIpc) is 2.77. The fourth-order valence-electron chi connectivity index (χ4n) is 2.66. The van der Waals surface area contributed by atoms with Crippen LogP contribution in [0.5, 0.6) is 0 Å². The second-order valence-corrected chi connectivity index (χ2v) is 6.33. The molecule has 3 aromatic rings. The van der Waals surface area contributed by atoms with Gasteiger partial charge in [0, 0.05) is 50.8 Å². The van der Waals surface area contributed by atoms with E-state index in [2.05, 4.69) is 20.3 Å². The number of aromatic nitrogens is 3. The Kier molecular flexibility index (Phi) is 6.94. The summed E-state index contributed by atoms with van der Waals surface area (Å²) in [6.07, 6.45) is 7.75. The molecule has 7 nitrogen and oxygen atoms in total. The number of benzene rings is 1. The summed E-state index contributed by atoms with van der Waals surface area (Å²) >= 11 is 0. The highest BCUT2D eigenvalue weighted by molar-refractivity contribution is 5.92. The second kappa shape index (κ2) is 10.0. The van der Waals surface area contributed by atoms with Gasteiger partial charge in [-0.2, -0.15) is 0 Å². The monoisotopic (exact) mass is 393 g/mol. The van der Waals surface area contributed by atoms with Crippen molar-refractivity contribution in [1.82, 2.24) is 25.2 Å². The van der Waals surface area contributed by atoms with Crippen molar-refractivity contribution in [2.45, 2.75) is 19.5 Å². The van der Waals surface area contributed by atoms with Crippen LogP contribution in [0.3, 0.4) is 0 Å². The lowest BCUT2D eigenvalue weighted by Crippen LogP contribution is -2.35. The van der Waals surface area contributed by atoms with Crippen LogP contribution in [0.1, 0.15) is 28.0 Å². The van der Waals surface area contributed by atoms with Crippen molar-refractivity contribution in [3.05, 3.63) is 90.0 Å². The minimum Gasteiger partial charge on any atom is -0.352 e. The first-order valence-electron chi connectivity index (χ1n) is 9.07. The minimum absolute atomic E-state index is 0.119. The minimum atomic E-state index is -0.352. The molecule has 0 unspecified atom stereocenters. The molecule has 1 N–H and O–H groups in total. The highest BCUT2D eigenvalue weighted by Gasteiger charge is 2.19. The molecule has 29 heavy (non-hydrogen) atoms. The van der Waals surface area contributed by atoms with E-state index < -0.39 is 0 Å². The second-order valence-electron chi connectivity index (χ2n) is 6.33. The molecule has 0 spiro atoms. The Hall–Kier alpha value is -3.68. The number of nitrogens with zero attached hydrogens (tertiary/aromatic N) is 4. The fourth-order valence-corrected chi connectivity index (χ4v) is 2.66. The van der Waals surface area contributed by atoms with E-state index in [1.165, 1.54) is 35.6 Å². The smallest absolute Gasteiger partial charge is 0.274 e. The third kappa shape index (κ3) is 6.17. The number of rotatable bonds is 8. The Morgan fingerprint density at radius 2 is 1.76 bits per heavy atom. The molecule has 0 aliphatic heterocycles. The van der Waals surface area contributed by atoms with Gasteiger partial charge in [-0.15, -0.1) is 0 Å². The largest absolute Gasteiger partial charge is 0.352 e. The predicted octanol–water partition coefficient (Wildman–Crippen LogP) is 2.36. The van der Waals surface area contributed by atoms with E-state index in [-0.39, 0.29) is 42.8 Å². The zero-order valence-electron chi connectivity index (χ0n) is 15.7. The number of amides is 2. The number of pyridine rings is 1. The first-order chi connectivity index (χ1) is 14.1. The normalized spacial score (nSPS) is 10.4. The van der Waals surface area contributed by atoms with Gasteiger partial charge in [0.15, 0.2) is 0 Å². The topological polar surface area (TPSA) is 88.1 Å². The average molecular weight is 393 g/mol. The quantitative estimate of drug-likeness (QED) is 0.635. The molecule has 0 radical (unpaired) electrons. The summed E-state index contributed by atoms with van der Waals surface area (Å²) in [6, 6.07) is 9.54. The molecule has 0 aliphatic rings. The van der Waals surface area contributed by atoms with E-state index >= 15 is 0 Å². The van der Waals surface area contributed by atoms with Gasteiger partial charge in [-0.25, -0.2) is 9.37 Å². The van der Waals surface area contributed by atoms with Gasteiger partial charge in [-0.3, -0.25) is 19.6 Å². The zero-order chi connectivity index (χ0) is 20.5. The molecule has 2 aromatic heterocycles. The van der Waals surface area contributed by atoms with Crippen LogP contribution >= 0.6 is 0 Å². The SMILES string of the molecule is O=C(CCN(Cc1ccc(F)cc1)C(=O)c1cnccn1)NCc1cccnc1. The Labute approximate surface area is 167 Å². The van der Waals surface area contributed by atoms with E-state index in [1.54, 1.807) is 30.6 Å². The van der Waals surface area contributed by atoms with Crippen molar-refractivity contribution in [2.24, 2.45) is 0 Å². The first-order valence-corrected chi connectivity index (χ1v) is 9.07. The molecular formula is C21H20FN5O2. The summed E-state index contributed by atoms with van der Waals surface area (Å²) in [4.78, 5) is 38.5. The molecule has 0 fully saturated rings. The number of carbonyl (C=O) groups is 2. The Bertz CT molecular complexity index is 936. The lowest BCUT2D eigenvalue weighted by atomic mass is 10.2. The van der Waals surface area contributed by atoms with E-state index in [9.17, 15) is 14.0 Å². The van der Waals surface area contributed by atoms with Crippen molar-refractivity contribution in [2.75, 3.05) is 6.54 Å². The summed E-state index contributed by atoms with van der Waals surface area (Å²) in [5, 5.41) is 2.81. The summed E-state index contributed by atoms with van der Waals surface area (Å²) < 4.78 is 13.2. The molecule has 8 heteroatoms. The molecule has 0 saturated carbocycles. The Balaban J connectivity index is 1.63. The Morgan fingerprint density at radius 3 is 2.45 bits per heavy atom. The number of nitrogens with one attached hydrogen (secondary N) is 1. The van der Waals surface area contributed by atoms with Crippen molar-refractivity contribution in [3.63, 3.8) is 0 Å². The van der Waals surface area contributed by atoms with Crippen molar-refractivity contribution in [3.8, 4) is 0 Å². The third-order valence-corrected chi connectivity index (χ3v) is 4.18. The summed E-state index contributed by atoms with van der Waals surface area (Å²) in [5.41, 5.74) is 1.82. The lowest BCUT2D eigenvalue weighted by Gasteiger charge is -2.22. The van der Waals surface area contributed by atoms with Gasteiger partial charge in [0.25, 0.3) is 5.91 Å². The van der Waals surface area contributed by atoms with Crippen LogP contribution in [0.2, 0.25) is 0 Å². The van der Waals surface area contributed by atoms with Crippen LogP contribution in [0, 0.1) is 5.82 Å². The molecular weight excluding hydrogens is 373 g/mol. The van der Waals surface area contributed by atoms with Crippen molar-refractivity contribution in [1.29, 1.82) is 0 Å². The summed E-state index contributed by atoms with van der Waals surface area (Å²) in [6.45, 7) is 0.778. The van der Waals surface area contributed by atoms with Crippen LogP contribution in [0.15, 0.2) is 67.4 Å². The fraction of sp³-hybridized carbons (Fsp3) is 0.190. The molecule has 0 aliphatic carbocycles. The molecule has 0 saturated heterocycles. The zero-order valence-corrected chi connectivity index (χ0v) is 15.7. The number of carbonyl (C=O) groups excluding carboxylic acids is 2. The Morgan fingerprint density at radius 1 is 0.966 bits per heavy atom. The predicted molar refractivity (Wildman–Crippen MR) is 104 cm³/mol. The summed E-state index contributed by atoms with van der Waals surface area (Å²) in [7, 11) is 0. The van der Waals surface area contributed by atoms with Gasteiger partial charge in [0.1, 0.15) is 11.5 Å². The number of hydrogen-bond donors (Lipinski definition) is 1. The van der Waals surface area contributed by atoms with Gasteiger partial charge in [0.2, 0.25) is 5.91 Å². The van der Waals surface area contributed by atoms with E-state index in [1.807, 2.05) is 6.07 Å². The summed E-state index contributed by atoms with van der Waals surface area (Å²) in [5.74, 6) is -0.886.